The average Bonchev–Trinajstić information content (AvgIpc) is 3.06. The highest BCUT2D eigenvalue weighted by Gasteiger charge is 2.22. The van der Waals surface area contributed by atoms with Gasteiger partial charge in [-0.1, -0.05) is 0 Å². The molecule has 2 amide bonds. The molecule has 1 aromatic carbocycles. The van der Waals surface area contributed by atoms with E-state index in [9.17, 15) is 9.59 Å². The molecule has 0 bridgehead atoms. The van der Waals surface area contributed by atoms with Crippen LogP contribution >= 0.6 is 11.3 Å². The third-order valence-electron chi connectivity index (χ3n) is 3.83. The molecule has 1 N–H and O–H groups in total. The van der Waals surface area contributed by atoms with Crippen molar-refractivity contribution in [3.05, 3.63) is 52.2 Å². The van der Waals surface area contributed by atoms with E-state index in [2.05, 4.69) is 5.32 Å². The average molecular weight is 326 g/mol. The van der Waals surface area contributed by atoms with Gasteiger partial charge in [0.2, 0.25) is 11.8 Å². The van der Waals surface area contributed by atoms with E-state index < -0.39 is 0 Å². The Bertz CT molecular complexity index is 750. The van der Waals surface area contributed by atoms with Gasteiger partial charge >= 0.3 is 0 Å². The van der Waals surface area contributed by atoms with Crippen molar-refractivity contribution in [3.8, 4) is 0 Å². The Morgan fingerprint density at radius 3 is 2.96 bits per heavy atom. The van der Waals surface area contributed by atoms with Gasteiger partial charge in [0.15, 0.2) is 0 Å². The van der Waals surface area contributed by atoms with E-state index in [-0.39, 0.29) is 11.8 Å². The minimum Gasteiger partial charge on any atom is -0.323 e. The molecule has 1 aliphatic rings. The van der Waals surface area contributed by atoms with Crippen molar-refractivity contribution in [3.63, 3.8) is 0 Å². The van der Waals surface area contributed by atoms with Gasteiger partial charge in [-0.05, 0) is 65.6 Å². The van der Waals surface area contributed by atoms with E-state index in [1.54, 1.807) is 22.3 Å². The summed E-state index contributed by atoms with van der Waals surface area (Å²) in [5, 5.41) is 6.83. The van der Waals surface area contributed by atoms with Crippen LogP contribution in [0.5, 0.6) is 0 Å². The molecule has 118 valence electrons. The molecule has 1 aliphatic heterocycles. The van der Waals surface area contributed by atoms with Crippen molar-refractivity contribution in [2.24, 2.45) is 0 Å². The smallest absolute Gasteiger partial charge is 0.248 e. The summed E-state index contributed by atoms with van der Waals surface area (Å²) in [5.74, 6) is 0.00543. The van der Waals surface area contributed by atoms with Gasteiger partial charge in [0, 0.05) is 30.4 Å². The second-order valence-electron chi connectivity index (χ2n) is 5.36. The molecule has 0 fully saturated rings. The van der Waals surface area contributed by atoms with Gasteiger partial charge in [0.05, 0.1) is 0 Å². The van der Waals surface area contributed by atoms with Crippen molar-refractivity contribution in [1.29, 1.82) is 0 Å². The third-order valence-corrected chi connectivity index (χ3v) is 4.54. The minimum atomic E-state index is -0.157. The Hall–Kier alpha value is -2.40. The predicted molar refractivity (Wildman–Crippen MR) is 94.8 cm³/mol. The molecule has 0 spiro atoms. The summed E-state index contributed by atoms with van der Waals surface area (Å²) in [6.07, 6.45) is 4.57. The van der Waals surface area contributed by atoms with Crippen LogP contribution in [0, 0.1) is 0 Å². The zero-order valence-electron chi connectivity index (χ0n) is 12.9. The molecule has 1 aromatic heterocycles. The number of nitrogens with one attached hydrogen (secondary N) is 1. The van der Waals surface area contributed by atoms with Gasteiger partial charge in [0.1, 0.15) is 0 Å². The van der Waals surface area contributed by atoms with E-state index in [0.717, 1.165) is 28.9 Å². The number of benzene rings is 1. The molecule has 23 heavy (non-hydrogen) atoms. The van der Waals surface area contributed by atoms with Gasteiger partial charge in [-0.15, -0.1) is 0 Å². The van der Waals surface area contributed by atoms with E-state index in [4.69, 9.17) is 0 Å². The highest BCUT2D eigenvalue weighted by atomic mass is 32.1. The van der Waals surface area contributed by atoms with Crippen molar-refractivity contribution < 1.29 is 9.59 Å². The molecule has 0 atom stereocenters. The fraction of sp³-hybridized carbons (Fsp3) is 0.222. The molecule has 0 saturated carbocycles. The Kier molecular flexibility index (Phi) is 4.57. The summed E-state index contributed by atoms with van der Waals surface area (Å²) < 4.78 is 0. The number of hydrogen-bond acceptors (Lipinski definition) is 3. The van der Waals surface area contributed by atoms with Crippen LogP contribution in [0.25, 0.3) is 6.08 Å². The number of thiophene rings is 1. The second-order valence-corrected chi connectivity index (χ2v) is 6.14. The number of amides is 2. The lowest BCUT2D eigenvalue weighted by Gasteiger charge is -2.28. The molecule has 0 aliphatic carbocycles. The van der Waals surface area contributed by atoms with Crippen LogP contribution < -0.4 is 10.2 Å². The molecule has 0 radical (unpaired) electrons. The monoisotopic (exact) mass is 326 g/mol. The maximum absolute atomic E-state index is 12.0. The first-order chi connectivity index (χ1) is 11.2. The topological polar surface area (TPSA) is 49.4 Å². The van der Waals surface area contributed by atoms with E-state index >= 15 is 0 Å². The molecule has 2 aromatic rings. The maximum atomic E-state index is 12.0. The zero-order chi connectivity index (χ0) is 16.2. The lowest BCUT2D eigenvalue weighted by Crippen LogP contribution is -2.34. The van der Waals surface area contributed by atoms with Crippen LogP contribution in [0.1, 0.15) is 24.5 Å². The minimum absolute atomic E-state index is 0.157. The fourth-order valence-corrected chi connectivity index (χ4v) is 3.34. The lowest BCUT2D eigenvalue weighted by atomic mass is 10.0. The summed E-state index contributed by atoms with van der Waals surface area (Å²) in [6.45, 7) is 2.64. The van der Waals surface area contributed by atoms with Crippen LogP contribution in [0.4, 0.5) is 11.4 Å². The van der Waals surface area contributed by atoms with Crippen LogP contribution in [0.15, 0.2) is 41.1 Å². The Labute approximate surface area is 139 Å². The Balaban J connectivity index is 1.72. The highest BCUT2D eigenvalue weighted by molar-refractivity contribution is 7.08. The number of nitrogens with zero attached hydrogens (tertiary/aromatic N) is 1. The third kappa shape index (κ3) is 3.51. The number of fused-ring (bicyclic) bond motifs is 1. The van der Waals surface area contributed by atoms with Crippen LogP contribution in [-0.4, -0.2) is 18.4 Å². The largest absolute Gasteiger partial charge is 0.323 e. The van der Waals surface area contributed by atoms with Crippen molar-refractivity contribution in [1.82, 2.24) is 0 Å². The summed E-state index contributed by atoms with van der Waals surface area (Å²) in [7, 11) is 0. The maximum Gasteiger partial charge on any atom is 0.248 e. The number of carbonyl (C=O) groups excluding carboxylic acids is 2. The summed E-state index contributed by atoms with van der Waals surface area (Å²) in [4.78, 5) is 25.7. The number of carbonyl (C=O) groups is 2. The first-order valence-corrected chi connectivity index (χ1v) is 8.56. The molecular formula is C18H18N2O2S. The Morgan fingerprint density at radius 2 is 2.22 bits per heavy atom. The van der Waals surface area contributed by atoms with Gasteiger partial charge < -0.3 is 10.2 Å². The first-order valence-electron chi connectivity index (χ1n) is 7.62. The lowest BCUT2D eigenvalue weighted by molar-refractivity contribution is -0.118. The zero-order valence-corrected chi connectivity index (χ0v) is 13.7. The van der Waals surface area contributed by atoms with Crippen LogP contribution in [0.2, 0.25) is 0 Å². The molecular weight excluding hydrogens is 308 g/mol. The van der Waals surface area contributed by atoms with Gasteiger partial charge in [0.25, 0.3) is 0 Å². The van der Waals surface area contributed by atoms with Crippen molar-refractivity contribution in [2.75, 3.05) is 16.8 Å². The molecule has 0 saturated heterocycles. The number of hydrogen-bond donors (Lipinski definition) is 1. The molecule has 0 unspecified atom stereocenters. The van der Waals surface area contributed by atoms with E-state index in [0.29, 0.717) is 13.0 Å². The van der Waals surface area contributed by atoms with Crippen molar-refractivity contribution in [2.45, 2.75) is 19.8 Å². The number of rotatable bonds is 4. The summed E-state index contributed by atoms with van der Waals surface area (Å²) in [6, 6.07) is 7.68. The van der Waals surface area contributed by atoms with Crippen LogP contribution in [-0.2, 0) is 16.0 Å². The van der Waals surface area contributed by atoms with Crippen LogP contribution in [0.3, 0.4) is 0 Å². The Morgan fingerprint density at radius 1 is 1.35 bits per heavy atom. The molecule has 3 rings (SSSR count). The van der Waals surface area contributed by atoms with Crippen molar-refractivity contribution >= 4 is 40.6 Å². The molecule has 2 heterocycles. The standard InChI is InChI=1S/C18H18N2O2S/c1-2-20-16-6-5-15(11-14(16)4-8-18(20)22)19-17(21)7-3-13-9-10-23-12-13/h3,5-7,9-12H,2,4,8H2,1H3,(H,19,21)/b7-3+. The molecule has 4 nitrogen and oxygen atoms in total. The highest BCUT2D eigenvalue weighted by Crippen LogP contribution is 2.30. The molecule has 5 heteroatoms. The summed E-state index contributed by atoms with van der Waals surface area (Å²) >= 11 is 1.60. The van der Waals surface area contributed by atoms with Gasteiger partial charge in [-0.2, -0.15) is 11.3 Å². The van der Waals surface area contributed by atoms with Gasteiger partial charge in [-0.25, -0.2) is 0 Å². The predicted octanol–water partition coefficient (Wildman–Crippen LogP) is 3.70. The van der Waals surface area contributed by atoms with Gasteiger partial charge in [-0.3, -0.25) is 9.59 Å². The quantitative estimate of drug-likeness (QED) is 0.871. The van der Waals surface area contributed by atoms with E-state index in [1.807, 2.05) is 41.9 Å². The first kappa shape index (κ1) is 15.5. The van der Waals surface area contributed by atoms with E-state index in [1.165, 1.54) is 6.08 Å². The SMILES string of the molecule is CCN1C(=O)CCc2cc(NC(=O)/C=C/c3ccsc3)ccc21. The fourth-order valence-electron chi connectivity index (χ4n) is 2.71. The normalized spacial score (nSPS) is 14.1. The number of anilines is 2. The number of aryl methyl sites for hydroxylation is 1. The summed E-state index contributed by atoms with van der Waals surface area (Å²) in [5.41, 5.74) is 3.84. The second kappa shape index (κ2) is 6.79.